The maximum Gasteiger partial charge on any atom is 0.133 e. The summed E-state index contributed by atoms with van der Waals surface area (Å²) in [4.78, 5) is 4.68. The van der Waals surface area contributed by atoms with E-state index in [2.05, 4.69) is 4.98 Å². The highest BCUT2D eigenvalue weighted by atomic mass is 31.1. The number of hydrogen-bond acceptors (Lipinski definition) is 3. The number of hydrogen-bond donors (Lipinski definition) is 2. The third-order valence-corrected chi connectivity index (χ3v) is 6.58. The van der Waals surface area contributed by atoms with Gasteiger partial charge in [-0.05, 0) is 30.3 Å². The number of nitrogens with two attached hydrogens (primary N) is 2. The van der Waals surface area contributed by atoms with Crippen molar-refractivity contribution in [3.63, 3.8) is 0 Å². The van der Waals surface area contributed by atoms with Crippen LogP contribution in [0, 0.1) is 11.6 Å². The maximum absolute atomic E-state index is 15.1. The van der Waals surface area contributed by atoms with Gasteiger partial charge in [0, 0.05) is 35.7 Å². The zero-order valence-electron chi connectivity index (χ0n) is 15.9. The summed E-state index contributed by atoms with van der Waals surface area (Å²) in [5.74, 6) is 0.155. The molecule has 4 N–H and O–H groups in total. The van der Waals surface area contributed by atoms with Gasteiger partial charge >= 0.3 is 0 Å². The molecule has 4 nitrogen and oxygen atoms in total. The van der Waals surface area contributed by atoms with Crippen molar-refractivity contribution in [2.75, 3.05) is 0 Å². The fourth-order valence-corrected chi connectivity index (χ4v) is 4.66. The Labute approximate surface area is 170 Å². The molecule has 1 aromatic heterocycles. The van der Waals surface area contributed by atoms with Crippen molar-refractivity contribution < 1.29 is 8.78 Å². The zero-order chi connectivity index (χ0) is 20.4. The quantitative estimate of drug-likeness (QED) is 0.608. The van der Waals surface area contributed by atoms with E-state index in [1.54, 1.807) is 6.20 Å². The van der Waals surface area contributed by atoms with E-state index in [9.17, 15) is 4.39 Å². The molecule has 1 atom stereocenters. The molecule has 0 aliphatic heterocycles. The molecule has 150 valence electrons. The highest BCUT2D eigenvalue weighted by molar-refractivity contribution is 7.55. The van der Waals surface area contributed by atoms with E-state index in [1.165, 1.54) is 18.3 Å². The number of rotatable bonds is 6. The van der Waals surface area contributed by atoms with E-state index in [0.717, 1.165) is 30.4 Å². The number of halogens is 2. The SMILES string of the molecule is N/C=C\n1c(C2CCC2)nc(-c2cc(F)c(Pc3ccccc3)cc2F)c1CN. The van der Waals surface area contributed by atoms with Crippen LogP contribution in [0.1, 0.15) is 36.7 Å². The van der Waals surface area contributed by atoms with Gasteiger partial charge in [-0.25, -0.2) is 13.8 Å². The molecule has 1 heterocycles. The molecule has 1 aliphatic carbocycles. The van der Waals surface area contributed by atoms with Gasteiger partial charge in [0.15, 0.2) is 0 Å². The Hall–Kier alpha value is -2.56. The summed E-state index contributed by atoms with van der Waals surface area (Å²) in [6.45, 7) is 0.147. The van der Waals surface area contributed by atoms with Crippen molar-refractivity contribution in [2.45, 2.75) is 31.7 Å². The Kier molecular flexibility index (Phi) is 5.74. The van der Waals surface area contributed by atoms with Gasteiger partial charge in [-0.2, -0.15) is 0 Å². The summed E-state index contributed by atoms with van der Waals surface area (Å²) in [7, 11) is 0.0385. The minimum absolute atomic E-state index is 0.0385. The first kappa shape index (κ1) is 19.7. The molecule has 2 aromatic carbocycles. The number of imidazole rings is 1. The second-order valence-electron chi connectivity index (χ2n) is 7.11. The van der Waals surface area contributed by atoms with Crippen LogP contribution in [0.2, 0.25) is 0 Å². The van der Waals surface area contributed by atoms with Crippen molar-refractivity contribution in [1.29, 1.82) is 0 Å². The van der Waals surface area contributed by atoms with Gasteiger partial charge in [0.05, 0.1) is 11.4 Å². The van der Waals surface area contributed by atoms with Crippen LogP contribution < -0.4 is 22.1 Å². The maximum atomic E-state index is 15.1. The third-order valence-electron chi connectivity index (χ3n) is 5.30. The fourth-order valence-electron chi connectivity index (χ4n) is 3.60. The molecular formula is C22H23F2N4P. The molecule has 3 aromatic rings. The van der Waals surface area contributed by atoms with Crippen molar-refractivity contribution >= 4 is 25.4 Å². The molecule has 0 saturated heterocycles. The van der Waals surface area contributed by atoms with Gasteiger partial charge in [-0.3, -0.25) is 0 Å². The first-order valence-corrected chi connectivity index (χ1v) is 10.6. The van der Waals surface area contributed by atoms with E-state index < -0.39 is 11.6 Å². The third kappa shape index (κ3) is 3.83. The zero-order valence-corrected chi connectivity index (χ0v) is 16.9. The van der Waals surface area contributed by atoms with Crippen molar-refractivity contribution in [3.8, 4) is 11.3 Å². The molecule has 4 rings (SSSR count). The van der Waals surface area contributed by atoms with Crippen LogP contribution in [0.25, 0.3) is 17.5 Å². The average molecular weight is 412 g/mol. The first-order valence-electron chi connectivity index (χ1n) is 9.63. The van der Waals surface area contributed by atoms with Crippen molar-refractivity contribution in [3.05, 3.63) is 71.8 Å². The summed E-state index contributed by atoms with van der Waals surface area (Å²) < 4.78 is 31.8. The summed E-state index contributed by atoms with van der Waals surface area (Å²) in [5.41, 5.74) is 12.7. The highest BCUT2D eigenvalue weighted by Gasteiger charge is 2.28. The number of benzene rings is 2. The van der Waals surface area contributed by atoms with E-state index >= 15 is 4.39 Å². The molecule has 0 bridgehead atoms. The average Bonchev–Trinajstić information content (AvgIpc) is 3.02. The summed E-state index contributed by atoms with van der Waals surface area (Å²) in [5, 5.41) is 1.29. The molecule has 0 amide bonds. The van der Waals surface area contributed by atoms with Gasteiger partial charge < -0.3 is 16.0 Å². The second-order valence-corrected chi connectivity index (χ2v) is 8.48. The van der Waals surface area contributed by atoms with Crippen LogP contribution in [-0.2, 0) is 6.54 Å². The van der Waals surface area contributed by atoms with E-state index in [1.807, 2.05) is 34.9 Å². The van der Waals surface area contributed by atoms with Crippen molar-refractivity contribution in [2.24, 2.45) is 11.5 Å². The lowest BCUT2D eigenvalue weighted by atomic mass is 9.85. The minimum atomic E-state index is -0.499. The van der Waals surface area contributed by atoms with Crippen LogP contribution in [-0.4, -0.2) is 9.55 Å². The number of nitrogens with zero attached hydrogens (tertiary/aromatic N) is 2. The lowest BCUT2D eigenvalue weighted by Crippen LogP contribution is -2.15. The molecule has 1 aliphatic rings. The summed E-state index contributed by atoms with van der Waals surface area (Å²) >= 11 is 0. The fraction of sp³-hybridized carbons (Fsp3) is 0.227. The molecular weight excluding hydrogens is 389 g/mol. The van der Waals surface area contributed by atoms with Crippen LogP contribution in [0.3, 0.4) is 0 Å². The van der Waals surface area contributed by atoms with Crippen LogP contribution >= 0.6 is 8.58 Å². The Morgan fingerprint density at radius 1 is 1.14 bits per heavy atom. The summed E-state index contributed by atoms with van der Waals surface area (Å²) in [6, 6.07) is 12.0. The summed E-state index contributed by atoms with van der Waals surface area (Å²) in [6.07, 6.45) is 6.27. The Bertz CT molecular complexity index is 1040. The largest absolute Gasteiger partial charge is 0.403 e. The Morgan fingerprint density at radius 2 is 1.90 bits per heavy atom. The first-order chi connectivity index (χ1) is 14.1. The molecule has 29 heavy (non-hydrogen) atoms. The van der Waals surface area contributed by atoms with Gasteiger partial charge in [0.2, 0.25) is 0 Å². The van der Waals surface area contributed by atoms with E-state index in [0.29, 0.717) is 16.7 Å². The van der Waals surface area contributed by atoms with Crippen LogP contribution in [0.4, 0.5) is 8.78 Å². The lowest BCUT2D eigenvalue weighted by molar-refractivity contribution is 0.398. The van der Waals surface area contributed by atoms with Gasteiger partial charge in [-0.15, -0.1) is 0 Å². The molecule has 1 unspecified atom stereocenters. The van der Waals surface area contributed by atoms with E-state index in [-0.39, 0.29) is 26.6 Å². The van der Waals surface area contributed by atoms with Gasteiger partial charge in [0.25, 0.3) is 0 Å². The molecule has 1 saturated carbocycles. The highest BCUT2D eigenvalue weighted by Crippen LogP contribution is 2.39. The van der Waals surface area contributed by atoms with Gasteiger partial charge in [-0.1, -0.05) is 45.3 Å². The minimum Gasteiger partial charge on any atom is -0.403 e. The Balaban J connectivity index is 1.77. The van der Waals surface area contributed by atoms with Crippen molar-refractivity contribution in [1.82, 2.24) is 9.55 Å². The molecule has 7 heteroatoms. The molecule has 0 spiro atoms. The predicted octanol–water partition coefficient (Wildman–Crippen LogP) is 3.57. The lowest BCUT2D eigenvalue weighted by Gasteiger charge is -2.24. The smallest absolute Gasteiger partial charge is 0.133 e. The number of aromatic nitrogens is 2. The monoisotopic (exact) mass is 412 g/mol. The topological polar surface area (TPSA) is 69.9 Å². The Morgan fingerprint density at radius 3 is 2.52 bits per heavy atom. The normalized spacial score (nSPS) is 14.9. The van der Waals surface area contributed by atoms with Gasteiger partial charge in [0.1, 0.15) is 17.5 Å². The standard InChI is InChI=1S/C22H23F2N4P/c23-17-12-20(29-15-7-2-1-3-8-15)18(24)11-16(17)21-19(13-26)28(10-9-25)22(27-21)14-5-4-6-14/h1-3,7-12,14,29H,4-6,13,25-26H2/b10-9-. The predicted molar refractivity (Wildman–Crippen MR) is 116 cm³/mol. The molecule has 1 fully saturated rings. The van der Waals surface area contributed by atoms with E-state index in [4.69, 9.17) is 11.5 Å². The van der Waals surface area contributed by atoms with Crippen LogP contribution in [0.5, 0.6) is 0 Å². The van der Waals surface area contributed by atoms with Crippen LogP contribution in [0.15, 0.2) is 48.7 Å². The second kappa shape index (κ2) is 8.44. The molecule has 0 radical (unpaired) electrons.